The second-order valence-electron chi connectivity index (χ2n) is 4.72. The van der Waals surface area contributed by atoms with Crippen molar-refractivity contribution in [3.63, 3.8) is 0 Å². The van der Waals surface area contributed by atoms with Crippen molar-refractivity contribution in [2.75, 3.05) is 7.11 Å². The van der Waals surface area contributed by atoms with E-state index in [1.165, 1.54) is 0 Å². The molecule has 0 unspecified atom stereocenters. The third kappa shape index (κ3) is 2.43. The van der Waals surface area contributed by atoms with Crippen LogP contribution in [0.2, 0.25) is 0 Å². The lowest BCUT2D eigenvalue weighted by molar-refractivity contribution is 0.0989. The van der Waals surface area contributed by atoms with Crippen molar-refractivity contribution in [1.82, 2.24) is 4.98 Å². The number of nitrogens with one attached hydrogen (secondary N) is 1. The van der Waals surface area contributed by atoms with Crippen LogP contribution in [0.4, 0.5) is 0 Å². The zero-order valence-electron chi connectivity index (χ0n) is 11.2. The average molecular weight is 265 g/mol. The monoisotopic (exact) mass is 265 g/mol. The highest BCUT2D eigenvalue weighted by molar-refractivity contribution is 6.00. The first-order valence-corrected chi connectivity index (χ1v) is 6.50. The third-order valence-electron chi connectivity index (χ3n) is 3.35. The standard InChI is InChI=1S/C17H15NO2/c1-20-14-8-6-12(7-9-14)10-17(19)16-11-13-4-2-3-5-15(13)18-16/h2-9,11,18H,10H2,1H3. The minimum Gasteiger partial charge on any atom is -0.497 e. The van der Waals surface area contributed by atoms with Crippen molar-refractivity contribution in [2.45, 2.75) is 6.42 Å². The highest BCUT2D eigenvalue weighted by atomic mass is 16.5. The first kappa shape index (κ1) is 12.5. The van der Waals surface area contributed by atoms with Crippen LogP contribution in [0.15, 0.2) is 54.6 Å². The summed E-state index contributed by atoms with van der Waals surface area (Å²) in [7, 11) is 1.63. The molecule has 1 heterocycles. The van der Waals surface area contributed by atoms with Gasteiger partial charge in [0, 0.05) is 17.3 Å². The van der Waals surface area contributed by atoms with Crippen molar-refractivity contribution in [3.8, 4) is 5.75 Å². The number of Topliss-reactive ketones (excluding diaryl/α,β-unsaturated/α-hetero) is 1. The number of carbonyl (C=O) groups excluding carboxylic acids is 1. The molecular weight excluding hydrogens is 250 g/mol. The normalized spacial score (nSPS) is 10.7. The fourth-order valence-corrected chi connectivity index (χ4v) is 2.25. The molecule has 20 heavy (non-hydrogen) atoms. The number of hydrogen-bond acceptors (Lipinski definition) is 2. The molecule has 3 rings (SSSR count). The van der Waals surface area contributed by atoms with Crippen LogP contribution in [0.3, 0.4) is 0 Å². The van der Waals surface area contributed by atoms with Gasteiger partial charge in [-0.1, -0.05) is 30.3 Å². The molecule has 0 saturated heterocycles. The number of H-pyrrole nitrogens is 1. The molecule has 0 saturated carbocycles. The summed E-state index contributed by atoms with van der Waals surface area (Å²) in [5, 5.41) is 1.06. The Hall–Kier alpha value is -2.55. The van der Waals surface area contributed by atoms with E-state index in [9.17, 15) is 4.79 Å². The van der Waals surface area contributed by atoms with E-state index in [4.69, 9.17) is 4.74 Å². The molecular formula is C17H15NO2. The third-order valence-corrected chi connectivity index (χ3v) is 3.35. The highest BCUT2D eigenvalue weighted by Crippen LogP contribution is 2.17. The van der Waals surface area contributed by atoms with E-state index in [2.05, 4.69) is 4.98 Å². The van der Waals surface area contributed by atoms with Crippen LogP contribution in [0, 0.1) is 0 Å². The Labute approximate surface area is 117 Å². The van der Waals surface area contributed by atoms with Gasteiger partial charge in [0.2, 0.25) is 0 Å². The number of carbonyl (C=O) groups is 1. The van der Waals surface area contributed by atoms with Crippen molar-refractivity contribution in [1.29, 1.82) is 0 Å². The van der Waals surface area contributed by atoms with Gasteiger partial charge in [-0.25, -0.2) is 0 Å². The maximum absolute atomic E-state index is 12.3. The summed E-state index contributed by atoms with van der Waals surface area (Å²) in [6.45, 7) is 0. The topological polar surface area (TPSA) is 42.1 Å². The molecule has 0 aliphatic rings. The number of rotatable bonds is 4. The van der Waals surface area contributed by atoms with Crippen LogP contribution < -0.4 is 4.74 Å². The summed E-state index contributed by atoms with van der Waals surface area (Å²) in [6.07, 6.45) is 0.386. The number of ketones is 1. The quantitative estimate of drug-likeness (QED) is 0.732. The number of hydrogen-bond donors (Lipinski definition) is 1. The first-order valence-electron chi connectivity index (χ1n) is 6.50. The average Bonchev–Trinajstić information content (AvgIpc) is 2.92. The lowest BCUT2D eigenvalue weighted by Gasteiger charge is -2.02. The molecule has 3 aromatic rings. The molecule has 0 aliphatic heterocycles. The zero-order valence-corrected chi connectivity index (χ0v) is 11.2. The molecule has 0 aliphatic carbocycles. The Kier molecular flexibility index (Phi) is 3.25. The fourth-order valence-electron chi connectivity index (χ4n) is 2.25. The second kappa shape index (κ2) is 5.21. The van der Waals surface area contributed by atoms with Gasteiger partial charge in [-0.15, -0.1) is 0 Å². The van der Waals surface area contributed by atoms with Crippen LogP contribution in [-0.2, 0) is 6.42 Å². The Balaban J connectivity index is 1.81. The predicted molar refractivity (Wildman–Crippen MR) is 79.3 cm³/mol. The molecule has 2 aromatic carbocycles. The molecule has 0 bridgehead atoms. The fraction of sp³-hybridized carbons (Fsp3) is 0.118. The zero-order chi connectivity index (χ0) is 13.9. The summed E-state index contributed by atoms with van der Waals surface area (Å²) >= 11 is 0. The SMILES string of the molecule is COc1ccc(CC(=O)c2cc3ccccc3[nH]2)cc1. The van der Waals surface area contributed by atoms with E-state index in [0.29, 0.717) is 12.1 Å². The predicted octanol–water partition coefficient (Wildman–Crippen LogP) is 3.60. The Morgan fingerprint density at radius 3 is 2.55 bits per heavy atom. The van der Waals surface area contributed by atoms with E-state index in [1.54, 1.807) is 7.11 Å². The molecule has 100 valence electrons. The van der Waals surface area contributed by atoms with Gasteiger partial charge in [-0.2, -0.15) is 0 Å². The summed E-state index contributed by atoms with van der Waals surface area (Å²) in [4.78, 5) is 15.4. The van der Waals surface area contributed by atoms with Gasteiger partial charge in [0.05, 0.1) is 12.8 Å². The van der Waals surface area contributed by atoms with E-state index < -0.39 is 0 Å². The first-order chi connectivity index (χ1) is 9.76. The minimum absolute atomic E-state index is 0.0892. The van der Waals surface area contributed by atoms with Crippen LogP contribution in [0.5, 0.6) is 5.75 Å². The molecule has 1 N–H and O–H groups in total. The van der Waals surface area contributed by atoms with Gasteiger partial charge in [0.15, 0.2) is 5.78 Å². The summed E-state index contributed by atoms with van der Waals surface area (Å²) < 4.78 is 5.11. The van der Waals surface area contributed by atoms with Crippen molar-refractivity contribution >= 4 is 16.7 Å². The maximum atomic E-state index is 12.3. The van der Waals surface area contributed by atoms with Gasteiger partial charge in [0.1, 0.15) is 5.75 Å². The van der Waals surface area contributed by atoms with E-state index in [1.807, 2.05) is 54.6 Å². The molecule has 3 nitrogen and oxygen atoms in total. The van der Waals surface area contributed by atoms with Crippen LogP contribution >= 0.6 is 0 Å². The van der Waals surface area contributed by atoms with Crippen LogP contribution in [0.1, 0.15) is 16.1 Å². The van der Waals surface area contributed by atoms with E-state index in [0.717, 1.165) is 22.2 Å². The van der Waals surface area contributed by atoms with Crippen LogP contribution in [0.25, 0.3) is 10.9 Å². The highest BCUT2D eigenvalue weighted by Gasteiger charge is 2.10. The molecule has 0 amide bonds. The number of aromatic nitrogens is 1. The van der Waals surface area contributed by atoms with Gasteiger partial charge in [0.25, 0.3) is 0 Å². The van der Waals surface area contributed by atoms with Crippen molar-refractivity contribution in [3.05, 3.63) is 65.9 Å². The number of methoxy groups -OCH3 is 1. The lowest BCUT2D eigenvalue weighted by Crippen LogP contribution is -2.03. The molecule has 3 heteroatoms. The number of ether oxygens (including phenoxy) is 1. The number of aromatic amines is 1. The van der Waals surface area contributed by atoms with Crippen molar-refractivity contribution in [2.24, 2.45) is 0 Å². The van der Waals surface area contributed by atoms with Crippen molar-refractivity contribution < 1.29 is 9.53 Å². The maximum Gasteiger partial charge on any atom is 0.183 e. The Morgan fingerprint density at radius 2 is 1.85 bits per heavy atom. The number of para-hydroxylation sites is 1. The van der Waals surface area contributed by atoms with E-state index >= 15 is 0 Å². The second-order valence-corrected chi connectivity index (χ2v) is 4.72. The van der Waals surface area contributed by atoms with Crippen LogP contribution in [-0.4, -0.2) is 17.9 Å². The lowest BCUT2D eigenvalue weighted by atomic mass is 10.1. The minimum atomic E-state index is 0.0892. The van der Waals surface area contributed by atoms with Gasteiger partial charge < -0.3 is 9.72 Å². The molecule has 0 fully saturated rings. The summed E-state index contributed by atoms with van der Waals surface area (Å²) in [6, 6.07) is 17.4. The van der Waals surface area contributed by atoms with E-state index in [-0.39, 0.29) is 5.78 Å². The molecule has 0 spiro atoms. The Morgan fingerprint density at radius 1 is 1.10 bits per heavy atom. The Bertz CT molecular complexity index is 708. The van der Waals surface area contributed by atoms with Gasteiger partial charge in [-0.3, -0.25) is 4.79 Å². The molecule has 0 atom stereocenters. The number of fused-ring (bicyclic) bond motifs is 1. The summed E-state index contributed by atoms with van der Waals surface area (Å²) in [5.41, 5.74) is 2.63. The molecule has 0 radical (unpaired) electrons. The smallest absolute Gasteiger partial charge is 0.183 e. The number of benzene rings is 2. The largest absolute Gasteiger partial charge is 0.497 e. The molecule has 1 aromatic heterocycles. The summed E-state index contributed by atoms with van der Waals surface area (Å²) in [5.74, 6) is 0.887. The van der Waals surface area contributed by atoms with Gasteiger partial charge in [-0.05, 0) is 29.8 Å². The van der Waals surface area contributed by atoms with Gasteiger partial charge >= 0.3 is 0 Å².